The topological polar surface area (TPSA) is 23.6 Å². The first-order chi connectivity index (χ1) is 12.3. The first kappa shape index (κ1) is 20.7. The molecule has 0 aliphatic carbocycles. The fourth-order valence-electron chi connectivity index (χ4n) is 3.49. The van der Waals surface area contributed by atoms with E-state index in [1.54, 1.807) is 13.0 Å². The molecule has 1 aliphatic rings. The summed E-state index contributed by atoms with van der Waals surface area (Å²) in [5.41, 5.74) is 0.933. The number of rotatable bonds is 7. The molecular weight excluding hydrogens is 348 g/mol. The van der Waals surface area contributed by atoms with E-state index < -0.39 is 18.5 Å². The Morgan fingerprint density at radius 2 is 2.12 bits per heavy atom. The first-order valence-electron chi connectivity index (χ1n) is 9.08. The summed E-state index contributed by atoms with van der Waals surface area (Å²) < 4.78 is 50.6. The van der Waals surface area contributed by atoms with E-state index in [1.165, 1.54) is 17.0 Å². The lowest BCUT2D eigenvalue weighted by molar-refractivity contribution is -0.161. The number of amides is 1. The molecule has 0 N–H and O–H groups in total. The van der Waals surface area contributed by atoms with Gasteiger partial charge in [-0.1, -0.05) is 12.1 Å². The Morgan fingerprint density at radius 3 is 2.77 bits per heavy atom. The third kappa shape index (κ3) is 6.94. The summed E-state index contributed by atoms with van der Waals surface area (Å²) in [5, 5.41) is 0. The standard InChI is InChI=1S/C19H26F4N2O/c1-2-25(18(26)12-19(21,22)23)14-16-6-4-9-24(13-16)10-8-15-5-3-7-17(20)11-15/h3,5,7,11,16H,2,4,6,8-10,12-14H2,1H3/t16-/m1/s1. The number of carbonyl (C=O) groups excluding carboxylic acids is 1. The minimum absolute atomic E-state index is 0.174. The number of piperidine rings is 1. The van der Waals surface area contributed by atoms with E-state index in [2.05, 4.69) is 4.90 Å². The van der Waals surface area contributed by atoms with Crippen LogP contribution in [0.3, 0.4) is 0 Å². The molecule has 1 atom stereocenters. The van der Waals surface area contributed by atoms with Crippen molar-refractivity contribution in [1.82, 2.24) is 9.80 Å². The number of benzene rings is 1. The number of halogens is 4. The lowest BCUT2D eigenvalue weighted by Crippen LogP contribution is -2.44. The van der Waals surface area contributed by atoms with Crippen LogP contribution in [0.2, 0.25) is 0 Å². The monoisotopic (exact) mass is 374 g/mol. The van der Waals surface area contributed by atoms with Crippen LogP contribution in [0.5, 0.6) is 0 Å². The van der Waals surface area contributed by atoms with Gasteiger partial charge in [-0.25, -0.2) is 4.39 Å². The molecule has 146 valence electrons. The van der Waals surface area contributed by atoms with E-state index >= 15 is 0 Å². The van der Waals surface area contributed by atoms with Crippen LogP contribution in [0.1, 0.15) is 31.7 Å². The zero-order valence-corrected chi connectivity index (χ0v) is 15.1. The Morgan fingerprint density at radius 1 is 1.35 bits per heavy atom. The summed E-state index contributed by atoms with van der Waals surface area (Å²) in [5.74, 6) is -0.925. The Kier molecular flexibility index (Phi) is 7.43. The molecule has 0 bridgehead atoms. The van der Waals surface area contributed by atoms with Gasteiger partial charge in [-0.3, -0.25) is 4.79 Å². The van der Waals surface area contributed by atoms with Crippen molar-refractivity contribution < 1.29 is 22.4 Å². The van der Waals surface area contributed by atoms with Gasteiger partial charge in [0.05, 0.1) is 0 Å². The zero-order valence-electron chi connectivity index (χ0n) is 15.1. The second-order valence-corrected chi connectivity index (χ2v) is 6.91. The summed E-state index contributed by atoms with van der Waals surface area (Å²) >= 11 is 0. The van der Waals surface area contributed by atoms with Gasteiger partial charge >= 0.3 is 6.18 Å². The predicted octanol–water partition coefficient (Wildman–Crippen LogP) is 3.88. The molecule has 0 spiro atoms. The Balaban J connectivity index is 1.83. The highest BCUT2D eigenvalue weighted by atomic mass is 19.4. The van der Waals surface area contributed by atoms with E-state index in [-0.39, 0.29) is 18.3 Å². The number of likely N-dealkylation sites (tertiary alicyclic amines) is 1. The van der Waals surface area contributed by atoms with E-state index in [4.69, 9.17) is 0 Å². The van der Waals surface area contributed by atoms with Crippen molar-refractivity contribution >= 4 is 5.91 Å². The average molecular weight is 374 g/mol. The van der Waals surface area contributed by atoms with E-state index in [0.717, 1.165) is 44.5 Å². The van der Waals surface area contributed by atoms with Crippen molar-refractivity contribution in [2.45, 2.75) is 38.8 Å². The van der Waals surface area contributed by atoms with Gasteiger partial charge in [0.25, 0.3) is 0 Å². The fourth-order valence-corrected chi connectivity index (χ4v) is 3.49. The molecular formula is C19H26F4N2O. The van der Waals surface area contributed by atoms with E-state index in [9.17, 15) is 22.4 Å². The molecule has 1 amide bonds. The molecule has 1 aliphatic heterocycles. The lowest BCUT2D eigenvalue weighted by Gasteiger charge is -2.35. The van der Waals surface area contributed by atoms with Crippen molar-refractivity contribution in [3.05, 3.63) is 35.6 Å². The quantitative estimate of drug-likeness (QED) is 0.676. The van der Waals surface area contributed by atoms with Gasteiger partial charge in [0.1, 0.15) is 12.2 Å². The molecule has 1 saturated heterocycles. The van der Waals surface area contributed by atoms with Crippen LogP contribution in [-0.2, 0) is 11.2 Å². The summed E-state index contributed by atoms with van der Waals surface area (Å²) in [7, 11) is 0. The maximum absolute atomic E-state index is 13.2. The molecule has 0 radical (unpaired) electrons. The molecule has 0 aromatic heterocycles. The molecule has 7 heteroatoms. The van der Waals surface area contributed by atoms with Crippen molar-refractivity contribution in [3.63, 3.8) is 0 Å². The largest absolute Gasteiger partial charge is 0.397 e. The van der Waals surface area contributed by atoms with Crippen LogP contribution in [0.25, 0.3) is 0 Å². The molecule has 1 heterocycles. The molecule has 1 fully saturated rings. The summed E-state index contributed by atoms with van der Waals surface area (Å²) in [6, 6.07) is 6.52. The molecule has 0 saturated carbocycles. The highest BCUT2D eigenvalue weighted by molar-refractivity contribution is 5.76. The van der Waals surface area contributed by atoms with Gasteiger partial charge in [0.15, 0.2) is 0 Å². The summed E-state index contributed by atoms with van der Waals surface area (Å²) in [6.45, 7) is 4.82. The smallest absolute Gasteiger partial charge is 0.342 e. The van der Waals surface area contributed by atoms with Crippen LogP contribution in [0, 0.1) is 11.7 Å². The van der Waals surface area contributed by atoms with Gasteiger partial charge in [0, 0.05) is 26.2 Å². The number of hydrogen-bond donors (Lipinski definition) is 0. The molecule has 0 unspecified atom stereocenters. The minimum atomic E-state index is -4.46. The summed E-state index contributed by atoms with van der Waals surface area (Å²) in [4.78, 5) is 15.4. The molecule has 2 rings (SSSR count). The molecule has 1 aromatic carbocycles. The highest BCUT2D eigenvalue weighted by Crippen LogP contribution is 2.23. The van der Waals surface area contributed by atoms with Crippen LogP contribution in [0.15, 0.2) is 24.3 Å². The predicted molar refractivity (Wildman–Crippen MR) is 92.2 cm³/mol. The second kappa shape index (κ2) is 9.35. The van der Waals surface area contributed by atoms with Crippen molar-refractivity contribution in [2.75, 3.05) is 32.7 Å². The first-order valence-corrected chi connectivity index (χ1v) is 9.08. The van der Waals surface area contributed by atoms with Gasteiger partial charge in [0.2, 0.25) is 5.91 Å². The van der Waals surface area contributed by atoms with Crippen LogP contribution < -0.4 is 0 Å². The van der Waals surface area contributed by atoms with Crippen LogP contribution in [-0.4, -0.2) is 54.6 Å². The molecule has 26 heavy (non-hydrogen) atoms. The van der Waals surface area contributed by atoms with Crippen LogP contribution in [0.4, 0.5) is 17.6 Å². The fraction of sp³-hybridized carbons (Fsp3) is 0.632. The highest BCUT2D eigenvalue weighted by Gasteiger charge is 2.34. The SMILES string of the molecule is CCN(C[C@@H]1CCCN(CCc2cccc(F)c2)C1)C(=O)CC(F)(F)F. The number of hydrogen-bond acceptors (Lipinski definition) is 2. The number of nitrogens with zero attached hydrogens (tertiary/aromatic N) is 2. The minimum Gasteiger partial charge on any atom is -0.342 e. The summed E-state index contributed by atoms with van der Waals surface area (Å²) in [6.07, 6.45) is -3.26. The van der Waals surface area contributed by atoms with E-state index in [0.29, 0.717) is 6.54 Å². The third-order valence-corrected chi connectivity index (χ3v) is 4.77. The Hall–Kier alpha value is -1.63. The van der Waals surface area contributed by atoms with Gasteiger partial charge in [-0.05, 0) is 56.3 Å². The molecule has 3 nitrogen and oxygen atoms in total. The van der Waals surface area contributed by atoms with Gasteiger partial charge in [-0.15, -0.1) is 0 Å². The van der Waals surface area contributed by atoms with Crippen LogP contribution >= 0.6 is 0 Å². The Labute approximate surface area is 152 Å². The van der Waals surface area contributed by atoms with Crippen molar-refractivity contribution in [3.8, 4) is 0 Å². The Bertz CT molecular complexity index is 591. The van der Waals surface area contributed by atoms with E-state index in [1.807, 2.05) is 6.07 Å². The molecule has 1 aromatic rings. The third-order valence-electron chi connectivity index (χ3n) is 4.77. The average Bonchev–Trinajstić information content (AvgIpc) is 2.57. The van der Waals surface area contributed by atoms with Gasteiger partial charge in [-0.2, -0.15) is 13.2 Å². The van der Waals surface area contributed by atoms with Gasteiger partial charge < -0.3 is 9.80 Å². The zero-order chi connectivity index (χ0) is 19.2. The lowest BCUT2D eigenvalue weighted by atomic mass is 9.96. The maximum atomic E-state index is 13.2. The number of alkyl halides is 3. The van der Waals surface area contributed by atoms with Crippen molar-refractivity contribution in [2.24, 2.45) is 5.92 Å². The normalized spacial score (nSPS) is 18.7. The maximum Gasteiger partial charge on any atom is 0.397 e. The second-order valence-electron chi connectivity index (χ2n) is 6.91. The number of carbonyl (C=O) groups is 1. The van der Waals surface area contributed by atoms with Crippen molar-refractivity contribution in [1.29, 1.82) is 0 Å².